The lowest BCUT2D eigenvalue weighted by Gasteiger charge is -2.29. The summed E-state index contributed by atoms with van der Waals surface area (Å²) in [5.41, 5.74) is 9.02. The van der Waals surface area contributed by atoms with E-state index in [1.54, 1.807) is 19.9 Å². The van der Waals surface area contributed by atoms with Crippen LogP contribution in [0.5, 0.6) is 6.01 Å². The first kappa shape index (κ1) is 25.1. The average molecular weight is 526 g/mol. The summed E-state index contributed by atoms with van der Waals surface area (Å²) in [5.74, 6) is -0.801. The first-order chi connectivity index (χ1) is 17.8. The number of hydrogen-bond acceptors (Lipinski definition) is 9. The van der Waals surface area contributed by atoms with Crippen LogP contribution in [-0.4, -0.2) is 43.1 Å². The first-order valence-electron chi connectivity index (χ1n) is 11.7. The monoisotopic (exact) mass is 525 g/mol. The molecule has 0 radical (unpaired) electrons. The summed E-state index contributed by atoms with van der Waals surface area (Å²) in [6, 6.07) is 6.98. The first-order valence-corrected chi connectivity index (χ1v) is 12.5. The van der Waals surface area contributed by atoms with Gasteiger partial charge in [0.05, 0.1) is 31.4 Å². The van der Waals surface area contributed by atoms with Crippen LogP contribution in [0.1, 0.15) is 23.6 Å². The van der Waals surface area contributed by atoms with Gasteiger partial charge in [0.2, 0.25) is 0 Å². The number of fused-ring (bicyclic) bond motifs is 2. The zero-order valence-electron chi connectivity index (χ0n) is 20.8. The Morgan fingerprint density at radius 2 is 2.08 bits per heavy atom. The fourth-order valence-electron chi connectivity index (χ4n) is 4.85. The number of hydrogen-bond donors (Lipinski definition) is 1. The van der Waals surface area contributed by atoms with E-state index in [0.717, 1.165) is 10.3 Å². The molecule has 1 saturated heterocycles. The summed E-state index contributed by atoms with van der Waals surface area (Å²) in [5, 5.41) is 11.1. The Morgan fingerprint density at radius 1 is 1.30 bits per heavy atom. The molecule has 1 aliphatic heterocycles. The Hall–Kier alpha value is -3.59. The Labute approximate surface area is 216 Å². The van der Waals surface area contributed by atoms with Gasteiger partial charge in [-0.3, -0.25) is 4.89 Å². The number of ether oxygens (including phenoxy) is 1. The Morgan fingerprint density at radius 3 is 2.81 bits per heavy atom. The summed E-state index contributed by atoms with van der Waals surface area (Å²) < 4.78 is 37.8. The number of nitrogen functional groups attached to an aromatic ring is 1. The van der Waals surface area contributed by atoms with Crippen molar-refractivity contribution in [3.8, 4) is 23.2 Å². The number of nitrogens with two attached hydrogens (primary N) is 1. The second-order valence-electron chi connectivity index (χ2n) is 9.04. The van der Waals surface area contributed by atoms with Crippen LogP contribution < -0.4 is 15.5 Å². The van der Waals surface area contributed by atoms with Crippen molar-refractivity contribution in [3.05, 3.63) is 40.7 Å². The molecule has 11 heteroatoms. The van der Waals surface area contributed by atoms with Crippen LogP contribution in [0.15, 0.2) is 18.2 Å². The van der Waals surface area contributed by atoms with Crippen LogP contribution in [0, 0.1) is 36.9 Å². The van der Waals surface area contributed by atoms with E-state index in [4.69, 9.17) is 20.2 Å². The van der Waals surface area contributed by atoms with Crippen LogP contribution >= 0.6 is 11.3 Å². The number of nitrogens with zero attached hydrogens (tertiary/aromatic N) is 4. The molecular formula is C26H25F2N5O3S. The molecule has 1 fully saturated rings. The zero-order chi connectivity index (χ0) is 26.4. The topological polar surface area (TPSA) is 107 Å². The molecule has 2 aromatic carbocycles. The predicted molar refractivity (Wildman–Crippen MR) is 139 cm³/mol. The summed E-state index contributed by atoms with van der Waals surface area (Å²) in [7, 11) is 1.31. The van der Waals surface area contributed by atoms with Crippen molar-refractivity contribution in [1.29, 1.82) is 5.26 Å². The fourth-order valence-corrected chi connectivity index (χ4v) is 5.86. The molecule has 0 amide bonds. The van der Waals surface area contributed by atoms with E-state index in [1.807, 2.05) is 13.0 Å². The van der Waals surface area contributed by atoms with E-state index >= 15 is 8.78 Å². The molecule has 4 aromatic rings. The van der Waals surface area contributed by atoms with Gasteiger partial charge in [0, 0.05) is 33.5 Å². The number of rotatable bonds is 4. The molecule has 2 aromatic heterocycles. The number of alkyl halides is 1. The van der Waals surface area contributed by atoms with E-state index in [-0.39, 0.29) is 37.2 Å². The Balaban J connectivity index is 1.82. The Bertz CT molecular complexity index is 1570. The van der Waals surface area contributed by atoms with E-state index in [2.05, 4.69) is 16.0 Å². The lowest BCUT2D eigenvalue weighted by Crippen LogP contribution is -2.37. The summed E-state index contributed by atoms with van der Waals surface area (Å²) in [4.78, 5) is 20.2. The third-order valence-corrected chi connectivity index (χ3v) is 7.80. The molecule has 37 heavy (non-hydrogen) atoms. The number of benzene rings is 2. The molecule has 8 nitrogen and oxygen atoms in total. The number of aromatic nitrogens is 2. The van der Waals surface area contributed by atoms with Crippen LogP contribution in [0.2, 0.25) is 0 Å². The number of halogens is 2. The predicted octanol–water partition coefficient (Wildman–Crippen LogP) is 5.43. The molecule has 3 heterocycles. The summed E-state index contributed by atoms with van der Waals surface area (Å²) in [6.07, 6.45) is -1.41. The second kappa shape index (κ2) is 9.70. The standard InChI is InChI=1S/C26H25F2N5O3S/c1-12-5-6-15(20-17(10-29)24(30)37-22(12)20)19-14(3)21-16(9-18(19)27)25(32-26(31-21)36-34-4)33-7-8-35-11-13(2)23(33)28/h5-6,9,13,23H,7-8,11,30H2,1-4H3. The largest absolute Gasteiger partial charge is 0.389 e. The third kappa shape index (κ3) is 4.11. The van der Waals surface area contributed by atoms with Crippen molar-refractivity contribution in [2.45, 2.75) is 27.1 Å². The maximum Gasteiger partial charge on any atom is 0.355 e. The van der Waals surface area contributed by atoms with E-state index in [9.17, 15) is 5.26 Å². The minimum atomic E-state index is -1.41. The SMILES string of the molecule is COOc1nc(N2CCOCC(C)C2F)c2cc(F)c(-c3ccc(C)c4sc(N)c(C#N)c34)c(C)c2n1. The molecule has 0 saturated carbocycles. The van der Waals surface area contributed by atoms with Crippen molar-refractivity contribution in [3.63, 3.8) is 0 Å². The smallest absolute Gasteiger partial charge is 0.355 e. The highest BCUT2D eigenvalue weighted by Crippen LogP contribution is 2.44. The molecule has 1 aliphatic rings. The van der Waals surface area contributed by atoms with Gasteiger partial charge in [-0.15, -0.1) is 11.3 Å². The molecule has 0 bridgehead atoms. The van der Waals surface area contributed by atoms with E-state index in [1.165, 1.54) is 29.4 Å². The van der Waals surface area contributed by atoms with Crippen LogP contribution in [-0.2, 0) is 9.62 Å². The van der Waals surface area contributed by atoms with Gasteiger partial charge in [0.25, 0.3) is 0 Å². The van der Waals surface area contributed by atoms with Gasteiger partial charge in [-0.05, 0) is 36.6 Å². The van der Waals surface area contributed by atoms with Crippen LogP contribution in [0.4, 0.5) is 19.6 Å². The summed E-state index contributed by atoms with van der Waals surface area (Å²) in [6.45, 7) is 6.14. The number of nitriles is 1. The summed E-state index contributed by atoms with van der Waals surface area (Å²) >= 11 is 1.30. The van der Waals surface area contributed by atoms with Crippen molar-refractivity contribution in [2.75, 3.05) is 37.5 Å². The quantitative estimate of drug-likeness (QED) is 0.214. The van der Waals surface area contributed by atoms with Gasteiger partial charge >= 0.3 is 6.01 Å². The number of aryl methyl sites for hydroxylation is 2. The molecule has 5 rings (SSSR count). The van der Waals surface area contributed by atoms with E-state index < -0.39 is 18.0 Å². The number of thiophene rings is 1. The lowest BCUT2D eigenvalue weighted by atomic mass is 9.92. The van der Waals surface area contributed by atoms with Gasteiger partial charge in [0.1, 0.15) is 22.7 Å². The molecule has 2 N–H and O–H groups in total. The highest BCUT2D eigenvalue weighted by molar-refractivity contribution is 7.23. The third-order valence-electron chi connectivity index (χ3n) is 6.64. The second-order valence-corrected chi connectivity index (χ2v) is 10.1. The average Bonchev–Trinajstić information content (AvgIpc) is 3.12. The minimum absolute atomic E-state index is 0.137. The van der Waals surface area contributed by atoms with Gasteiger partial charge in [-0.2, -0.15) is 20.1 Å². The maximum atomic E-state index is 16.0. The molecular weight excluding hydrogens is 500 g/mol. The molecule has 2 unspecified atom stereocenters. The molecule has 0 aliphatic carbocycles. The highest BCUT2D eigenvalue weighted by atomic mass is 32.1. The van der Waals surface area contributed by atoms with Crippen LogP contribution in [0.3, 0.4) is 0 Å². The van der Waals surface area contributed by atoms with Gasteiger partial charge < -0.3 is 15.4 Å². The molecule has 0 spiro atoms. The fraction of sp³-hybridized carbons (Fsp3) is 0.346. The van der Waals surface area contributed by atoms with Crippen molar-refractivity contribution in [1.82, 2.24) is 9.97 Å². The lowest BCUT2D eigenvalue weighted by molar-refractivity contribution is -0.184. The molecule has 2 atom stereocenters. The highest BCUT2D eigenvalue weighted by Gasteiger charge is 2.31. The normalized spacial score (nSPS) is 18.2. The minimum Gasteiger partial charge on any atom is -0.389 e. The van der Waals surface area contributed by atoms with Gasteiger partial charge in [0.15, 0.2) is 6.30 Å². The van der Waals surface area contributed by atoms with Gasteiger partial charge in [-0.25, -0.2) is 8.78 Å². The van der Waals surface area contributed by atoms with Gasteiger partial charge in [-0.1, -0.05) is 19.1 Å². The number of anilines is 2. The van der Waals surface area contributed by atoms with Crippen LogP contribution in [0.25, 0.3) is 32.1 Å². The Kier molecular flexibility index (Phi) is 6.58. The maximum absolute atomic E-state index is 16.0. The van der Waals surface area contributed by atoms with Crippen molar-refractivity contribution in [2.24, 2.45) is 5.92 Å². The van der Waals surface area contributed by atoms with Crippen molar-refractivity contribution < 1.29 is 23.3 Å². The van der Waals surface area contributed by atoms with E-state index in [0.29, 0.717) is 38.0 Å². The molecule has 192 valence electrons. The van der Waals surface area contributed by atoms with Crippen molar-refractivity contribution >= 4 is 43.1 Å². The zero-order valence-corrected chi connectivity index (χ0v) is 21.6.